The SMILES string of the molecule is O=S(=O)(NC1CCCN(c2ncnc3cnc4[nH]ccc4c23)C1)C(F)(F)F. The molecule has 1 fully saturated rings. The molecule has 27 heavy (non-hydrogen) atoms. The first-order valence-electron chi connectivity index (χ1n) is 8.16. The Morgan fingerprint density at radius 3 is 2.85 bits per heavy atom. The van der Waals surface area contributed by atoms with E-state index in [1.54, 1.807) is 22.0 Å². The first-order chi connectivity index (χ1) is 12.8. The van der Waals surface area contributed by atoms with Crippen LogP contribution in [0.3, 0.4) is 0 Å². The van der Waals surface area contributed by atoms with E-state index in [0.29, 0.717) is 36.4 Å². The third-order valence-electron chi connectivity index (χ3n) is 4.51. The van der Waals surface area contributed by atoms with Crippen molar-refractivity contribution < 1.29 is 21.6 Å². The molecule has 0 bridgehead atoms. The molecule has 0 amide bonds. The molecular formula is C15H15F3N6O2S. The van der Waals surface area contributed by atoms with E-state index in [9.17, 15) is 21.6 Å². The van der Waals surface area contributed by atoms with Gasteiger partial charge in [-0.2, -0.15) is 13.2 Å². The van der Waals surface area contributed by atoms with Gasteiger partial charge in [-0.05, 0) is 18.9 Å². The van der Waals surface area contributed by atoms with Crippen LogP contribution in [0.5, 0.6) is 0 Å². The number of H-pyrrole nitrogens is 1. The zero-order valence-electron chi connectivity index (χ0n) is 13.9. The molecule has 1 unspecified atom stereocenters. The molecule has 4 heterocycles. The average Bonchev–Trinajstić information content (AvgIpc) is 3.09. The van der Waals surface area contributed by atoms with Crippen molar-refractivity contribution in [2.45, 2.75) is 24.4 Å². The Kier molecular flexibility index (Phi) is 4.18. The molecular weight excluding hydrogens is 385 g/mol. The van der Waals surface area contributed by atoms with Gasteiger partial charge in [0.2, 0.25) is 0 Å². The van der Waals surface area contributed by atoms with Crippen LogP contribution in [0.1, 0.15) is 12.8 Å². The number of nitrogens with zero attached hydrogens (tertiary/aromatic N) is 4. The van der Waals surface area contributed by atoms with E-state index >= 15 is 0 Å². The second-order valence-electron chi connectivity index (χ2n) is 6.31. The van der Waals surface area contributed by atoms with Gasteiger partial charge in [0.05, 0.1) is 17.1 Å². The van der Waals surface area contributed by atoms with Crippen LogP contribution in [0.4, 0.5) is 19.0 Å². The smallest absolute Gasteiger partial charge is 0.354 e. The minimum Gasteiger partial charge on any atom is -0.354 e. The van der Waals surface area contributed by atoms with Crippen molar-refractivity contribution in [3.05, 3.63) is 24.8 Å². The number of aromatic amines is 1. The number of hydrogen-bond acceptors (Lipinski definition) is 6. The number of halogens is 3. The Labute approximate surface area is 151 Å². The molecule has 12 heteroatoms. The van der Waals surface area contributed by atoms with Crippen molar-refractivity contribution in [2.24, 2.45) is 0 Å². The highest BCUT2D eigenvalue weighted by atomic mass is 32.2. The molecule has 1 aliphatic heterocycles. The fourth-order valence-corrected chi connectivity index (χ4v) is 4.10. The lowest BCUT2D eigenvalue weighted by Gasteiger charge is -2.34. The van der Waals surface area contributed by atoms with Crippen LogP contribution in [0.25, 0.3) is 21.9 Å². The van der Waals surface area contributed by atoms with Gasteiger partial charge in [0.25, 0.3) is 0 Å². The van der Waals surface area contributed by atoms with Gasteiger partial charge < -0.3 is 9.88 Å². The molecule has 1 aliphatic rings. The highest BCUT2D eigenvalue weighted by Crippen LogP contribution is 2.31. The van der Waals surface area contributed by atoms with Gasteiger partial charge in [0.15, 0.2) is 0 Å². The molecule has 0 aliphatic carbocycles. The molecule has 8 nitrogen and oxygen atoms in total. The Balaban J connectivity index is 1.69. The van der Waals surface area contributed by atoms with Crippen LogP contribution < -0.4 is 9.62 Å². The number of fused-ring (bicyclic) bond motifs is 3. The number of sulfonamides is 1. The third-order valence-corrected chi connectivity index (χ3v) is 5.77. The van der Waals surface area contributed by atoms with E-state index in [1.165, 1.54) is 6.33 Å². The summed E-state index contributed by atoms with van der Waals surface area (Å²) in [6.45, 7) is 0.625. The lowest BCUT2D eigenvalue weighted by atomic mass is 10.1. The van der Waals surface area contributed by atoms with Crippen molar-refractivity contribution in [1.29, 1.82) is 0 Å². The molecule has 3 aromatic rings. The lowest BCUT2D eigenvalue weighted by Crippen LogP contribution is -2.51. The van der Waals surface area contributed by atoms with Gasteiger partial charge >= 0.3 is 15.5 Å². The van der Waals surface area contributed by atoms with Crippen LogP contribution in [0.15, 0.2) is 24.8 Å². The molecule has 0 spiro atoms. The van der Waals surface area contributed by atoms with Crippen LogP contribution in [0.2, 0.25) is 0 Å². The summed E-state index contributed by atoms with van der Waals surface area (Å²) < 4.78 is 62.6. The first-order valence-corrected chi connectivity index (χ1v) is 9.65. The minimum atomic E-state index is -5.40. The number of rotatable bonds is 3. The predicted molar refractivity (Wildman–Crippen MR) is 92.5 cm³/mol. The Bertz CT molecular complexity index is 1100. The summed E-state index contributed by atoms with van der Waals surface area (Å²) in [4.78, 5) is 17.6. The Morgan fingerprint density at radius 1 is 1.26 bits per heavy atom. The van der Waals surface area contributed by atoms with Gasteiger partial charge in [0.1, 0.15) is 17.8 Å². The zero-order valence-corrected chi connectivity index (χ0v) is 14.7. The van der Waals surface area contributed by atoms with Crippen molar-refractivity contribution >= 4 is 37.8 Å². The number of piperidine rings is 1. The van der Waals surface area contributed by atoms with Gasteiger partial charge in [-0.25, -0.2) is 28.1 Å². The summed E-state index contributed by atoms with van der Waals surface area (Å²) in [5.74, 6) is 0.544. The normalized spacial score (nSPS) is 19.1. The molecule has 0 saturated carbocycles. The molecule has 2 N–H and O–H groups in total. The molecule has 0 aromatic carbocycles. The molecule has 0 radical (unpaired) electrons. The summed E-state index contributed by atoms with van der Waals surface area (Å²) in [7, 11) is -5.40. The van der Waals surface area contributed by atoms with E-state index in [-0.39, 0.29) is 6.54 Å². The third kappa shape index (κ3) is 3.18. The summed E-state index contributed by atoms with van der Waals surface area (Å²) in [6.07, 6.45) is 5.52. The second kappa shape index (κ2) is 6.30. The quantitative estimate of drug-likeness (QED) is 0.696. The maximum absolute atomic E-state index is 12.7. The number of nitrogens with one attached hydrogen (secondary N) is 2. The van der Waals surface area contributed by atoms with Gasteiger partial charge in [0, 0.05) is 30.7 Å². The monoisotopic (exact) mass is 400 g/mol. The average molecular weight is 400 g/mol. The summed E-state index contributed by atoms with van der Waals surface area (Å²) in [5.41, 5.74) is -4.09. The largest absolute Gasteiger partial charge is 0.511 e. The van der Waals surface area contributed by atoms with Crippen LogP contribution >= 0.6 is 0 Å². The second-order valence-corrected chi connectivity index (χ2v) is 8.01. The maximum Gasteiger partial charge on any atom is 0.511 e. The van der Waals surface area contributed by atoms with Crippen LogP contribution in [-0.2, 0) is 10.0 Å². The van der Waals surface area contributed by atoms with Crippen LogP contribution in [-0.4, -0.2) is 53.0 Å². The maximum atomic E-state index is 12.7. The fourth-order valence-electron chi connectivity index (χ4n) is 3.33. The first kappa shape index (κ1) is 17.9. The van der Waals surface area contributed by atoms with Gasteiger partial charge in [-0.1, -0.05) is 0 Å². The van der Waals surface area contributed by atoms with E-state index in [0.717, 1.165) is 10.8 Å². The molecule has 144 valence electrons. The van der Waals surface area contributed by atoms with Crippen LogP contribution in [0, 0.1) is 0 Å². The summed E-state index contributed by atoms with van der Waals surface area (Å²) in [6, 6.07) is 0.963. The van der Waals surface area contributed by atoms with Crippen molar-refractivity contribution in [2.75, 3.05) is 18.0 Å². The highest BCUT2D eigenvalue weighted by Gasteiger charge is 2.47. The fraction of sp³-hybridized carbons (Fsp3) is 0.400. The van der Waals surface area contributed by atoms with Crippen molar-refractivity contribution in [3.63, 3.8) is 0 Å². The highest BCUT2D eigenvalue weighted by molar-refractivity contribution is 7.90. The van der Waals surface area contributed by atoms with E-state index in [4.69, 9.17) is 0 Å². The molecule has 1 saturated heterocycles. The lowest BCUT2D eigenvalue weighted by molar-refractivity contribution is -0.0451. The van der Waals surface area contributed by atoms with Gasteiger partial charge in [-0.3, -0.25) is 0 Å². The summed E-state index contributed by atoms with van der Waals surface area (Å²) in [5, 5.41) is 1.52. The number of alkyl halides is 3. The van der Waals surface area contributed by atoms with E-state index in [1.807, 2.05) is 6.07 Å². The Hall–Kier alpha value is -2.47. The zero-order chi connectivity index (χ0) is 19.2. The summed E-state index contributed by atoms with van der Waals surface area (Å²) >= 11 is 0. The topological polar surface area (TPSA) is 104 Å². The van der Waals surface area contributed by atoms with E-state index < -0.39 is 21.6 Å². The number of hydrogen-bond donors (Lipinski definition) is 2. The number of anilines is 1. The minimum absolute atomic E-state index is 0.0790. The number of pyridine rings is 1. The molecule has 3 aromatic heterocycles. The predicted octanol–water partition coefficient (Wildman–Crippen LogP) is 1.91. The van der Waals surface area contributed by atoms with E-state index in [2.05, 4.69) is 19.9 Å². The molecule has 4 rings (SSSR count). The molecule has 1 atom stereocenters. The van der Waals surface area contributed by atoms with Crippen molar-refractivity contribution in [3.8, 4) is 0 Å². The Morgan fingerprint density at radius 2 is 2.07 bits per heavy atom. The standard InChI is InChI=1S/C15H15F3N6O2S/c16-15(17,18)27(25,26)23-9-2-1-5-24(7-9)14-12-10-3-4-19-13(10)20-6-11(12)21-8-22-14/h3-4,6,8-9,23H,1-2,5,7H2,(H,19,20). The number of aromatic nitrogens is 4. The van der Waals surface area contributed by atoms with Gasteiger partial charge in [-0.15, -0.1) is 0 Å². The van der Waals surface area contributed by atoms with Crippen molar-refractivity contribution in [1.82, 2.24) is 24.7 Å².